The number of hydrogen-bond donors (Lipinski definition) is 1. The van der Waals surface area contributed by atoms with Crippen LogP contribution in [0.4, 0.5) is 5.69 Å². The van der Waals surface area contributed by atoms with E-state index in [0.717, 1.165) is 50.3 Å². The van der Waals surface area contributed by atoms with Crippen LogP contribution in [0.3, 0.4) is 0 Å². The van der Waals surface area contributed by atoms with E-state index in [-0.39, 0.29) is 12.4 Å². The zero-order valence-electron chi connectivity index (χ0n) is 12.0. The quantitative estimate of drug-likeness (QED) is 0.923. The van der Waals surface area contributed by atoms with Crippen LogP contribution >= 0.6 is 0 Å². The zero-order chi connectivity index (χ0) is 14.5. The number of nitrogens with zero attached hydrogens (tertiary/aromatic N) is 1. The van der Waals surface area contributed by atoms with Crippen LogP contribution < -0.4 is 10.1 Å². The molecule has 1 aromatic carbocycles. The molecule has 0 aromatic heterocycles. The van der Waals surface area contributed by atoms with E-state index in [0.29, 0.717) is 6.04 Å². The van der Waals surface area contributed by atoms with E-state index >= 15 is 0 Å². The van der Waals surface area contributed by atoms with E-state index in [1.807, 2.05) is 30.3 Å². The number of nitrogens with one attached hydrogen (secondary N) is 1. The fraction of sp³-hybridized carbons (Fsp3) is 0.562. The van der Waals surface area contributed by atoms with Crippen molar-refractivity contribution in [1.82, 2.24) is 0 Å². The average molecular weight is 288 g/mol. The van der Waals surface area contributed by atoms with Crippen LogP contribution in [-0.2, 0) is 9.47 Å². The van der Waals surface area contributed by atoms with Gasteiger partial charge < -0.3 is 19.5 Å². The minimum Gasteiger partial charge on any atom is -0.479 e. The van der Waals surface area contributed by atoms with Crippen LogP contribution in [0.15, 0.2) is 24.3 Å². The summed E-state index contributed by atoms with van der Waals surface area (Å²) in [5, 5.41) is 12.1. The van der Waals surface area contributed by atoms with Crippen molar-refractivity contribution in [2.45, 2.75) is 37.5 Å². The molecule has 0 amide bonds. The van der Waals surface area contributed by atoms with Crippen LogP contribution in [0, 0.1) is 11.3 Å². The highest BCUT2D eigenvalue weighted by molar-refractivity contribution is 5.49. The van der Waals surface area contributed by atoms with Gasteiger partial charge in [-0.05, 0) is 25.0 Å². The van der Waals surface area contributed by atoms with E-state index in [4.69, 9.17) is 19.5 Å². The molecule has 1 aliphatic heterocycles. The maximum absolute atomic E-state index is 8.54. The normalized spacial score (nSPS) is 21.1. The lowest BCUT2D eigenvalue weighted by atomic mass is 9.90. The van der Waals surface area contributed by atoms with Gasteiger partial charge in [0.2, 0.25) is 0 Å². The van der Waals surface area contributed by atoms with Crippen LogP contribution in [-0.4, -0.2) is 31.6 Å². The van der Waals surface area contributed by atoms with E-state index in [1.54, 1.807) is 0 Å². The highest BCUT2D eigenvalue weighted by atomic mass is 16.7. The molecule has 1 heterocycles. The van der Waals surface area contributed by atoms with Crippen molar-refractivity contribution in [3.63, 3.8) is 0 Å². The van der Waals surface area contributed by atoms with Gasteiger partial charge in [-0.15, -0.1) is 0 Å². The van der Waals surface area contributed by atoms with Gasteiger partial charge in [0, 0.05) is 30.6 Å². The Morgan fingerprint density at radius 3 is 2.76 bits per heavy atom. The first-order valence-corrected chi connectivity index (χ1v) is 7.44. The summed E-state index contributed by atoms with van der Waals surface area (Å²) in [6.45, 7) is 1.51. The predicted octanol–water partition coefficient (Wildman–Crippen LogP) is 2.69. The van der Waals surface area contributed by atoms with Gasteiger partial charge in [0.1, 0.15) is 11.8 Å². The summed E-state index contributed by atoms with van der Waals surface area (Å²) in [6, 6.07) is 10.1. The fourth-order valence-electron chi connectivity index (χ4n) is 3.01. The van der Waals surface area contributed by atoms with E-state index < -0.39 is 0 Å². The van der Waals surface area contributed by atoms with E-state index in [2.05, 4.69) is 5.32 Å². The summed E-state index contributed by atoms with van der Waals surface area (Å²) in [6.07, 6.45) is 3.94. The summed E-state index contributed by atoms with van der Waals surface area (Å²) >= 11 is 0. The number of rotatable bonds is 4. The molecule has 1 spiro atoms. The van der Waals surface area contributed by atoms with Crippen LogP contribution in [0.5, 0.6) is 5.75 Å². The molecule has 0 radical (unpaired) electrons. The maximum atomic E-state index is 8.54. The molecule has 0 unspecified atom stereocenters. The number of benzene rings is 1. The fourth-order valence-corrected chi connectivity index (χ4v) is 3.01. The lowest BCUT2D eigenvalue weighted by Gasteiger charge is -2.36. The molecular formula is C16H20N2O3. The minimum absolute atomic E-state index is 0.0735. The first kappa shape index (κ1) is 14.2. The molecule has 5 heteroatoms. The van der Waals surface area contributed by atoms with E-state index in [9.17, 15) is 0 Å². The molecular weight excluding hydrogens is 268 g/mol. The molecule has 0 atom stereocenters. The smallest absolute Gasteiger partial charge is 0.174 e. The highest BCUT2D eigenvalue weighted by Gasteiger charge is 2.40. The standard InChI is InChI=1S/C16H20N2O3/c17-8-9-19-15-3-1-2-14(12-15)18-13-4-6-16(7-5-13)20-10-11-21-16/h1-3,12-13,18H,4-7,9-11H2. The lowest BCUT2D eigenvalue weighted by Crippen LogP contribution is -2.39. The Bertz CT molecular complexity index is 510. The lowest BCUT2D eigenvalue weighted by molar-refractivity contribution is -0.177. The Morgan fingerprint density at radius 2 is 2.05 bits per heavy atom. The number of nitriles is 1. The van der Waals surface area contributed by atoms with Crippen LogP contribution in [0.1, 0.15) is 25.7 Å². The molecule has 2 fully saturated rings. The molecule has 112 valence electrons. The second-order valence-corrected chi connectivity index (χ2v) is 5.50. The van der Waals surface area contributed by atoms with Gasteiger partial charge in [-0.1, -0.05) is 6.07 Å². The topological polar surface area (TPSA) is 63.5 Å². The molecule has 5 nitrogen and oxygen atoms in total. The molecule has 1 saturated heterocycles. The number of anilines is 1. The molecule has 1 N–H and O–H groups in total. The van der Waals surface area contributed by atoms with Crippen molar-refractivity contribution in [3.05, 3.63) is 24.3 Å². The van der Waals surface area contributed by atoms with Crippen molar-refractivity contribution in [1.29, 1.82) is 5.26 Å². The summed E-state index contributed by atoms with van der Waals surface area (Å²) in [5.41, 5.74) is 1.03. The van der Waals surface area contributed by atoms with Gasteiger partial charge in [-0.25, -0.2) is 0 Å². The maximum Gasteiger partial charge on any atom is 0.174 e. The van der Waals surface area contributed by atoms with Crippen molar-refractivity contribution >= 4 is 5.69 Å². The predicted molar refractivity (Wildman–Crippen MR) is 78.1 cm³/mol. The Labute approximate surface area is 124 Å². The van der Waals surface area contributed by atoms with Gasteiger partial charge in [0.15, 0.2) is 12.4 Å². The molecule has 1 aliphatic carbocycles. The third-order valence-electron chi connectivity index (χ3n) is 4.07. The molecule has 1 aromatic rings. The van der Waals surface area contributed by atoms with Gasteiger partial charge in [-0.2, -0.15) is 5.26 Å². The third-order valence-corrected chi connectivity index (χ3v) is 4.07. The summed E-state index contributed by atoms with van der Waals surface area (Å²) in [4.78, 5) is 0. The molecule has 2 aliphatic rings. The Balaban J connectivity index is 1.54. The van der Waals surface area contributed by atoms with Crippen LogP contribution in [0.25, 0.3) is 0 Å². The second kappa shape index (κ2) is 6.33. The van der Waals surface area contributed by atoms with E-state index in [1.165, 1.54) is 0 Å². The summed E-state index contributed by atoms with van der Waals surface area (Å²) in [5.74, 6) is 0.409. The number of hydrogen-bond acceptors (Lipinski definition) is 5. The van der Waals surface area contributed by atoms with Gasteiger partial charge >= 0.3 is 0 Å². The van der Waals surface area contributed by atoms with Crippen molar-refractivity contribution in [2.24, 2.45) is 0 Å². The summed E-state index contributed by atoms with van der Waals surface area (Å²) < 4.78 is 16.8. The molecule has 3 rings (SSSR count). The highest BCUT2D eigenvalue weighted by Crippen LogP contribution is 2.36. The van der Waals surface area contributed by atoms with Crippen LogP contribution in [0.2, 0.25) is 0 Å². The number of ether oxygens (including phenoxy) is 3. The van der Waals surface area contributed by atoms with Gasteiger partial charge in [-0.3, -0.25) is 0 Å². The van der Waals surface area contributed by atoms with Crippen molar-refractivity contribution in [2.75, 3.05) is 25.1 Å². The zero-order valence-corrected chi connectivity index (χ0v) is 12.0. The SMILES string of the molecule is N#CCOc1cccc(NC2CCC3(CC2)OCCO3)c1. The van der Waals surface area contributed by atoms with Crippen molar-refractivity contribution < 1.29 is 14.2 Å². The minimum atomic E-state index is -0.310. The van der Waals surface area contributed by atoms with Gasteiger partial charge in [0.05, 0.1) is 13.2 Å². The Hall–Kier alpha value is -1.77. The second-order valence-electron chi connectivity index (χ2n) is 5.50. The molecule has 1 saturated carbocycles. The van der Waals surface area contributed by atoms with Crippen molar-refractivity contribution in [3.8, 4) is 11.8 Å². The first-order chi connectivity index (χ1) is 10.3. The Kier molecular flexibility index (Phi) is 4.28. The Morgan fingerprint density at radius 1 is 1.29 bits per heavy atom. The molecule has 0 bridgehead atoms. The largest absolute Gasteiger partial charge is 0.479 e. The first-order valence-electron chi connectivity index (χ1n) is 7.44. The van der Waals surface area contributed by atoms with Gasteiger partial charge in [0.25, 0.3) is 0 Å². The monoisotopic (exact) mass is 288 g/mol. The molecule has 21 heavy (non-hydrogen) atoms. The third kappa shape index (κ3) is 3.46. The summed E-state index contributed by atoms with van der Waals surface area (Å²) in [7, 11) is 0. The average Bonchev–Trinajstić information content (AvgIpc) is 2.97.